The van der Waals surface area contributed by atoms with Crippen LogP contribution >= 0.6 is 34.8 Å². The molecule has 0 amide bonds. The van der Waals surface area contributed by atoms with Gasteiger partial charge in [0.25, 0.3) is 0 Å². The fourth-order valence-corrected chi connectivity index (χ4v) is 2.84. The van der Waals surface area contributed by atoms with Crippen molar-refractivity contribution < 1.29 is 4.74 Å². The first kappa shape index (κ1) is 16.5. The molecule has 6 heteroatoms. The Morgan fingerprint density at radius 1 is 1.19 bits per heavy atom. The quantitative estimate of drug-likeness (QED) is 0.633. The highest BCUT2D eigenvalue weighted by Crippen LogP contribution is 2.34. The number of aromatic nitrogens is 2. The molecule has 1 aromatic heterocycles. The molecular formula is C15H17Cl3N2O. The van der Waals surface area contributed by atoms with Gasteiger partial charge in [0.1, 0.15) is 5.75 Å². The Morgan fingerprint density at radius 2 is 1.81 bits per heavy atom. The molecule has 114 valence electrons. The number of halogens is 3. The van der Waals surface area contributed by atoms with Gasteiger partial charge < -0.3 is 4.74 Å². The van der Waals surface area contributed by atoms with Crippen LogP contribution in [0.4, 0.5) is 0 Å². The molecule has 2 rings (SSSR count). The fourth-order valence-electron chi connectivity index (χ4n) is 2.12. The minimum Gasteiger partial charge on any atom is -0.439 e. The molecule has 0 aliphatic rings. The van der Waals surface area contributed by atoms with Crippen LogP contribution in [0.25, 0.3) is 0 Å². The third-order valence-electron chi connectivity index (χ3n) is 3.06. The third-order valence-corrected chi connectivity index (χ3v) is 3.75. The molecule has 0 N–H and O–H groups in total. The summed E-state index contributed by atoms with van der Waals surface area (Å²) in [5.41, 5.74) is 1.85. The summed E-state index contributed by atoms with van der Waals surface area (Å²) in [6, 6.07) is 5.29. The zero-order valence-electron chi connectivity index (χ0n) is 12.2. The van der Waals surface area contributed by atoms with Crippen molar-refractivity contribution in [3.8, 4) is 11.6 Å². The van der Waals surface area contributed by atoms with E-state index in [2.05, 4.69) is 12.0 Å². The summed E-state index contributed by atoms with van der Waals surface area (Å²) >= 11 is 18.0. The van der Waals surface area contributed by atoms with Gasteiger partial charge in [0.2, 0.25) is 5.88 Å². The lowest BCUT2D eigenvalue weighted by atomic mass is 10.2. The second-order valence-corrected chi connectivity index (χ2v) is 6.10. The second kappa shape index (κ2) is 6.91. The monoisotopic (exact) mass is 346 g/mol. The van der Waals surface area contributed by atoms with Crippen molar-refractivity contribution in [2.45, 2.75) is 39.1 Å². The van der Waals surface area contributed by atoms with Crippen molar-refractivity contribution in [3.63, 3.8) is 0 Å². The predicted molar refractivity (Wildman–Crippen MR) is 88.1 cm³/mol. The molecule has 0 atom stereocenters. The van der Waals surface area contributed by atoms with Crippen molar-refractivity contribution in [1.29, 1.82) is 0 Å². The molecule has 0 radical (unpaired) electrons. The van der Waals surface area contributed by atoms with Crippen LogP contribution < -0.4 is 4.74 Å². The molecule has 0 bridgehead atoms. The van der Waals surface area contributed by atoms with Crippen LogP contribution in [0.3, 0.4) is 0 Å². The van der Waals surface area contributed by atoms with Gasteiger partial charge in [-0.3, -0.25) is 0 Å². The molecule has 1 aromatic carbocycles. The van der Waals surface area contributed by atoms with Gasteiger partial charge in [-0.15, -0.1) is 11.6 Å². The standard InChI is InChI=1S/C15H17Cl3N2O/c1-4-13-14(8-16)19-20(9(2)3)15(13)21-12-6-10(17)5-11(18)7-12/h5-7,9H,4,8H2,1-3H3. The Balaban J connectivity index is 2.48. The van der Waals surface area contributed by atoms with Crippen molar-refractivity contribution in [2.24, 2.45) is 0 Å². The average Bonchev–Trinajstić information content (AvgIpc) is 2.75. The molecule has 0 saturated heterocycles. The van der Waals surface area contributed by atoms with E-state index in [-0.39, 0.29) is 6.04 Å². The van der Waals surface area contributed by atoms with E-state index >= 15 is 0 Å². The molecule has 2 aromatic rings. The average molecular weight is 348 g/mol. The summed E-state index contributed by atoms with van der Waals surface area (Å²) in [6.07, 6.45) is 0.790. The number of hydrogen-bond acceptors (Lipinski definition) is 2. The van der Waals surface area contributed by atoms with Gasteiger partial charge >= 0.3 is 0 Å². The van der Waals surface area contributed by atoms with Crippen LogP contribution in [0.5, 0.6) is 11.6 Å². The number of nitrogens with zero attached hydrogens (tertiary/aromatic N) is 2. The van der Waals surface area contributed by atoms with Crippen LogP contribution in [0, 0.1) is 0 Å². The van der Waals surface area contributed by atoms with Crippen LogP contribution in [0.1, 0.15) is 38.1 Å². The van der Waals surface area contributed by atoms with E-state index in [0.29, 0.717) is 27.6 Å². The van der Waals surface area contributed by atoms with Gasteiger partial charge in [0.15, 0.2) is 0 Å². The van der Waals surface area contributed by atoms with E-state index in [4.69, 9.17) is 39.5 Å². The van der Waals surface area contributed by atoms with E-state index in [0.717, 1.165) is 17.7 Å². The van der Waals surface area contributed by atoms with Gasteiger partial charge in [-0.1, -0.05) is 30.1 Å². The van der Waals surface area contributed by atoms with Crippen LogP contribution in [0.2, 0.25) is 10.0 Å². The van der Waals surface area contributed by atoms with Gasteiger partial charge in [0.05, 0.1) is 17.6 Å². The molecule has 0 fully saturated rings. The minimum absolute atomic E-state index is 0.164. The SMILES string of the molecule is CCc1c(CCl)nn(C(C)C)c1Oc1cc(Cl)cc(Cl)c1. The largest absolute Gasteiger partial charge is 0.439 e. The number of hydrogen-bond donors (Lipinski definition) is 0. The summed E-state index contributed by atoms with van der Waals surface area (Å²) in [5.74, 6) is 1.64. The molecule has 0 unspecified atom stereocenters. The number of benzene rings is 1. The molecule has 0 saturated carbocycles. The first-order valence-corrected chi connectivity index (χ1v) is 8.05. The lowest BCUT2D eigenvalue weighted by Gasteiger charge is -2.13. The summed E-state index contributed by atoms with van der Waals surface area (Å²) in [5, 5.41) is 5.60. The Kier molecular flexibility index (Phi) is 5.42. The van der Waals surface area contributed by atoms with Gasteiger partial charge in [-0.2, -0.15) is 5.10 Å². The summed E-state index contributed by atoms with van der Waals surface area (Å²) in [4.78, 5) is 0. The van der Waals surface area contributed by atoms with Crippen molar-refractivity contribution >= 4 is 34.8 Å². The Labute approximate surface area is 139 Å². The predicted octanol–water partition coefficient (Wildman–Crippen LogP) is 5.86. The lowest BCUT2D eigenvalue weighted by Crippen LogP contribution is -2.05. The van der Waals surface area contributed by atoms with Crippen LogP contribution in [-0.4, -0.2) is 9.78 Å². The van der Waals surface area contributed by atoms with Crippen LogP contribution in [-0.2, 0) is 12.3 Å². The zero-order valence-corrected chi connectivity index (χ0v) is 14.4. The maximum atomic E-state index is 6.02. The van der Waals surface area contributed by atoms with E-state index in [1.165, 1.54) is 0 Å². The highest BCUT2D eigenvalue weighted by molar-refractivity contribution is 6.34. The third kappa shape index (κ3) is 3.65. The minimum atomic E-state index is 0.164. The van der Waals surface area contributed by atoms with Gasteiger partial charge in [-0.25, -0.2) is 4.68 Å². The normalized spacial score (nSPS) is 11.2. The maximum Gasteiger partial charge on any atom is 0.221 e. The zero-order chi connectivity index (χ0) is 15.6. The highest BCUT2D eigenvalue weighted by Gasteiger charge is 2.20. The second-order valence-electron chi connectivity index (χ2n) is 4.96. The van der Waals surface area contributed by atoms with E-state index in [1.54, 1.807) is 18.2 Å². The van der Waals surface area contributed by atoms with E-state index < -0.39 is 0 Å². The first-order chi connectivity index (χ1) is 9.96. The summed E-state index contributed by atoms with van der Waals surface area (Å²) in [6.45, 7) is 6.14. The lowest BCUT2D eigenvalue weighted by molar-refractivity contribution is 0.385. The number of alkyl halides is 1. The van der Waals surface area contributed by atoms with Crippen molar-refractivity contribution in [1.82, 2.24) is 9.78 Å². The number of ether oxygens (including phenoxy) is 1. The summed E-state index contributed by atoms with van der Waals surface area (Å²) in [7, 11) is 0. The van der Waals surface area contributed by atoms with E-state index in [1.807, 2.05) is 18.5 Å². The van der Waals surface area contributed by atoms with E-state index in [9.17, 15) is 0 Å². The topological polar surface area (TPSA) is 27.1 Å². The molecule has 0 aliphatic carbocycles. The Bertz CT molecular complexity index is 618. The fraction of sp³-hybridized carbons (Fsp3) is 0.400. The smallest absolute Gasteiger partial charge is 0.221 e. The van der Waals surface area contributed by atoms with Crippen molar-refractivity contribution in [2.75, 3.05) is 0 Å². The van der Waals surface area contributed by atoms with Crippen molar-refractivity contribution in [3.05, 3.63) is 39.5 Å². The highest BCUT2D eigenvalue weighted by atomic mass is 35.5. The van der Waals surface area contributed by atoms with Gasteiger partial charge in [0, 0.05) is 15.6 Å². The molecule has 21 heavy (non-hydrogen) atoms. The summed E-state index contributed by atoms with van der Waals surface area (Å²) < 4.78 is 7.85. The molecule has 0 aliphatic heterocycles. The number of rotatable bonds is 5. The van der Waals surface area contributed by atoms with Gasteiger partial charge in [-0.05, 0) is 38.5 Å². The Hall–Kier alpha value is -0.900. The molecular weight excluding hydrogens is 331 g/mol. The molecule has 0 spiro atoms. The Morgan fingerprint density at radius 3 is 2.29 bits per heavy atom. The van der Waals surface area contributed by atoms with Crippen LogP contribution in [0.15, 0.2) is 18.2 Å². The molecule has 3 nitrogen and oxygen atoms in total. The maximum absolute atomic E-state index is 6.02. The first-order valence-electron chi connectivity index (χ1n) is 6.76. The molecule has 1 heterocycles.